The maximum absolute atomic E-state index is 11.5. The van der Waals surface area contributed by atoms with Gasteiger partial charge in [-0.05, 0) is 34.6 Å². The van der Waals surface area contributed by atoms with Crippen molar-refractivity contribution in [2.24, 2.45) is 5.92 Å². The molecule has 0 aliphatic rings. The lowest BCUT2D eigenvalue weighted by Gasteiger charge is -2.08. The summed E-state index contributed by atoms with van der Waals surface area (Å²) in [6.45, 7) is 6.87. The van der Waals surface area contributed by atoms with Crippen LogP contribution in [-0.2, 0) is 13.0 Å². The van der Waals surface area contributed by atoms with E-state index in [-0.39, 0.29) is 0 Å². The fraction of sp³-hybridized carbons (Fsp3) is 0.292. The minimum absolute atomic E-state index is 0.298. The lowest BCUT2D eigenvalue weighted by molar-refractivity contribution is 0.0697. The highest BCUT2D eigenvalue weighted by molar-refractivity contribution is 5.95. The second-order valence-electron chi connectivity index (χ2n) is 7.31. The number of benzene rings is 2. The van der Waals surface area contributed by atoms with E-state index in [0.717, 1.165) is 29.8 Å². The van der Waals surface area contributed by atoms with Crippen LogP contribution in [0.25, 0.3) is 11.1 Å². The minimum Gasteiger partial charge on any atom is -0.478 e. The molecule has 0 aliphatic heterocycles. The van der Waals surface area contributed by atoms with Crippen molar-refractivity contribution in [3.05, 3.63) is 71.3 Å². The third-order valence-electron chi connectivity index (χ3n) is 4.44. The summed E-state index contributed by atoms with van der Waals surface area (Å²) in [5.74, 6) is 7.23. The van der Waals surface area contributed by atoms with Crippen LogP contribution in [0, 0.1) is 17.8 Å². The fourth-order valence-electron chi connectivity index (χ4n) is 3.09. The molecule has 0 spiro atoms. The minimum atomic E-state index is -0.927. The molecule has 5 heteroatoms. The van der Waals surface area contributed by atoms with Crippen LogP contribution in [0.2, 0.25) is 0 Å². The lowest BCUT2D eigenvalue weighted by Crippen LogP contribution is -2.05. The molecule has 1 heterocycles. The summed E-state index contributed by atoms with van der Waals surface area (Å²) in [5, 5.41) is 14.1. The average Bonchev–Trinajstić information content (AvgIpc) is 3.07. The second-order valence-corrected chi connectivity index (χ2v) is 7.31. The summed E-state index contributed by atoms with van der Waals surface area (Å²) in [6, 6.07) is 14.9. The van der Waals surface area contributed by atoms with Gasteiger partial charge >= 0.3 is 5.97 Å². The normalized spacial score (nSPS) is 10.6. The Bertz CT molecular complexity index is 1050. The summed E-state index contributed by atoms with van der Waals surface area (Å²) in [7, 11) is 0. The summed E-state index contributed by atoms with van der Waals surface area (Å²) in [5.41, 5.74) is 2.94. The lowest BCUT2D eigenvalue weighted by atomic mass is 9.99. The second kappa shape index (κ2) is 9.20. The molecule has 29 heavy (non-hydrogen) atoms. The third kappa shape index (κ3) is 5.11. The first kappa shape index (κ1) is 20.3. The third-order valence-corrected chi connectivity index (χ3v) is 4.44. The summed E-state index contributed by atoms with van der Waals surface area (Å²) >= 11 is 0. The van der Waals surface area contributed by atoms with Crippen LogP contribution < -0.4 is 0 Å². The van der Waals surface area contributed by atoms with E-state index in [1.54, 1.807) is 12.1 Å². The van der Waals surface area contributed by atoms with Gasteiger partial charge in [-0.2, -0.15) is 5.10 Å². The molecule has 5 nitrogen and oxygen atoms in total. The zero-order chi connectivity index (χ0) is 20.8. The molecule has 0 unspecified atom stereocenters. The SMILES string of the molecule is CCC#Cc1nc(CC(C)C)nn1Cc1ccc(-c2ccccc2C(=O)O)cc1. The van der Waals surface area contributed by atoms with Gasteiger partial charge in [0.05, 0.1) is 12.1 Å². The van der Waals surface area contributed by atoms with E-state index in [1.807, 2.05) is 48.0 Å². The number of carboxylic acid groups (broad SMARTS) is 1. The molecule has 0 fully saturated rings. The average molecular weight is 387 g/mol. The van der Waals surface area contributed by atoms with E-state index in [0.29, 0.717) is 29.4 Å². The van der Waals surface area contributed by atoms with Gasteiger partial charge in [0.1, 0.15) is 0 Å². The molecule has 3 rings (SSSR count). The molecule has 0 radical (unpaired) electrons. The van der Waals surface area contributed by atoms with Gasteiger partial charge in [0.25, 0.3) is 0 Å². The molecule has 0 saturated carbocycles. The van der Waals surface area contributed by atoms with Gasteiger partial charge in [-0.25, -0.2) is 14.5 Å². The number of hydrogen-bond acceptors (Lipinski definition) is 3. The number of aromatic carboxylic acids is 1. The molecule has 1 N–H and O–H groups in total. The summed E-state index contributed by atoms with van der Waals surface area (Å²) in [6.07, 6.45) is 1.59. The van der Waals surface area contributed by atoms with Crippen LogP contribution in [-0.4, -0.2) is 25.8 Å². The summed E-state index contributed by atoms with van der Waals surface area (Å²) < 4.78 is 1.85. The van der Waals surface area contributed by atoms with E-state index >= 15 is 0 Å². The first-order valence-electron chi connectivity index (χ1n) is 9.82. The van der Waals surface area contributed by atoms with Crippen molar-refractivity contribution in [2.45, 2.75) is 40.2 Å². The molecule has 0 aliphatic carbocycles. The Hall–Kier alpha value is -3.39. The Morgan fingerprint density at radius 2 is 1.86 bits per heavy atom. The number of carbonyl (C=O) groups is 1. The van der Waals surface area contributed by atoms with Gasteiger partial charge in [0.15, 0.2) is 5.82 Å². The fourth-order valence-corrected chi connectivity index (χ4v) is 3.09. The molecular weight excluding hydrogens is 362 g/mol. The van der Waals surface area contributed by atoms with Gasteiger partial charge in [0, 0.05) is 12.8 Å². The Morgan fingerprint density at radius 1 is 1.14 bits per heavy atom. The molecule has 148 valence electrons. The Kier molecular flexibility index (Phi) is 6.46. The van der Waals surface area contributed by atoms with Crippen molar-refractivity contribution in [1.29, 1.82) is 0 Å². The standard InChI is InChI=1S/C24H25N3O2/c1-4-5-10-23-25-22(15-17(2)3)26-27(23)16-18-11-13-19(14-12-18)20-8-6-7-9-21(20)24(28)29/h6-9,11-14,17H,4,15-16H2,1-3H3,(H,28,29). The molecule has 1 aromatic heterocycles. The van der Waals surface area contributed by atoms with Gasteiger partial charge < -0.3 is 5.11 Å². The number of carboxylic acids is 1. The van der Waals surface area contributed by atoms with Crippen LogP contribution in [0.4, 0.5) is 0 Å². The smallest absolute Gasteiger partial charge is 0.336 e. The number of aromatic nitrogens is 3. The number of nitrogens with zero attached hydrogens (tertiary/aromatic N) is 3. The maximum atomic E-state index is 11.5. The molecule has 3 aromatic rings. The Morgan fingerprint density at radius 3 is 2.52 bits per heavy atom. The van der Waals surface area contributed by atoms with Crippen molar-refractivity contribution in [2.75, 3.05) is 0 Å². The van der Waals surface area contributed by atoms with Gasteiger partial charge in [0.2, 0.25) is 5.82 Å². The van der Waals surface area contributed by atoms with Gasteiger partial charge in [-0.3, -0.25) is 0 Å². The van der Waals surface area contributed by atoms with Crippen LogP contribution in [0.15, 0.2) is 48.5 Å². The zero-order valence-corrected chi connectivity index (χ0v) is 17.0. The van der Waals surface area contributed by atoms with Gasteiger partial charge in [-0.1, -0.05) is 69.2 Å². The van der Waals surface area contributed by atoms with Crippen LogP contribution in [0.3, 0.4) is 0 Å². The predicted molar refractivity (Wildman–Crippen MR) is 114 cm³/mol. The quantitative estimate of drug-likeness (QED) is 0.625. The highest BCUT2D eigenvalue weighted by Gasteiger charge is 2.12. The predicted octanol–water partition coefficient (Wildman–Crippen LogP) is 4.65. The van der Waals surface area contributed by atoms with Crippen molar-refractivity contribution < 1.29 is 9.90 Å². The Balaban J connectivity index is 1.86. The topological polar surface area (TPSA) is 68.0 Å². The Labute approximate surface area is 171 Å². The van der Waals surface area contributed by atoms with Crippen molar-refractivity contribution >= 4 is 5.97 Å². The van der Waals surface area contributed by atoms with Crippen LogP contribution in [0.5, 0.6) is 0 Å². The first-order valence-corrected chi connectivity index (χ1v) is 9.82. The number of hydrogen-bond donors (Lipinski definition) is 1. The van der Waals surface area contributed by atoms with E-state index in [2.05, 4.69) is 35.8 Å². The largest absolute Gasteiger partial charge is 0.478 e. The van der Waals surface area contributed by atoms with Crippen molar-refractivity contribution in [3.8, 4) is 23.0 Å². The van der Waals surface area contributed by atoms with E-state index in [4.69, 9.17) is 0 Å². The first-order chi connectivity index (χ1) is 14.0. The maximum Gasteiger partial charge on any atom is 0.336 e. The highest BCUT2D eigenvalue weighted by atomic mass is 16.4. The van der Waals surface area contributed by atoms with Crippen LogP contribution >= 0.6 is 0 Å². The molecule has 0 saturated heterocycles. The van der Waals surface area contributed by atoms with Crippen molar-refractivity contribution in [3.63, 3.8) is 0 Å². The van der Waals surface area contributed by atoms with E-state index in [1.165, 1.54) is 0 Å². The van der Waals surface area contributed by atoms with E-state index in [9.17, 15) is 9.90 Å². The highest BCUT2D eigenvalue weighted by Crippen LogP contribution is 2.24. The van der Waals surface area contributed by atoms with Crippen LogP contribution in [0.1, 0.15) is 54.8 Å². The molecule has 2 aromatic carbocycles. The molecule has 0 bridgehead atoms. The molecule has 0 atom stereocenters. The van der Waals surface area contributed by atoms with Crippen molar-refractivity contribution in [1.82, 2.24) is 14.8 Å². The molecule has 0 amide bonds. The number of rotatable bonds is 6. The summed E-state index contributed by atoms with van der Waals surface area (Å²) in [4.78, 5) is 16.1. The van der Waals surface area contributed by atoms with Gasteiger partial charge in [-0.15, -0.1) is 0 Å². The van der Waals surface area contributed by atoms with E-state index < -0.39 is 5.97 Å². The monoisotopic (exact) mass is 387 g/mol. The zero-order valence-electron chi connectivity index (χ0n) is 17.0. The molecular formula is C24H25N3O2.